The van der Waals surface area contributed by atoms with E-state index in [0.717, 1.165) is 0 Å². The monoisotopic (exact) mass is 277 g/mol. The van der Waals surface area contributed by atoms with Crippen LogP contribution < -0.4 is 10.1 Å². The van der Waals surface area contributed by atoms with Crippen molar-refractivity contribution in [2.45, 2.75) is 25.1 Å². The van der Waals surface area contributed by atoms with Crippen molar-refractivity contribution < 1.29 is 22.6 Å². The first kappa shape index (κ1) is 13.9. The van der Waals surface area contributed by atoms with Crippen molar-refractivity contribution in [3.8, 4) is 5.88 Å². The third kappa shape index (κ3) is 3.69. The molecule has 5 nitrogen and oxygen atoms in total. The number of hydrogen-bond acceptors (Lipinski definition) is 5. The minimum Gasteiger partial charge on any atom is -0.474 e. The molecular formula is C11H14F3N3O2. The summed E-state index contributed by atoms with van der Waals surface area (Å²) in [6, 6.07) is 1.35. The van der Waals surface area contributed by atoms with Gasteiger partial charge in [-0.05, 0) is 0 Å². The Hall–Kier alpha value is -1.57. The molecule has 0 saturated carbocycles. The van der Waals surface area contributed by atoms with Crippen molar-refractivity contribution >= 4 is 5.82 Å². The van der Waals surface area contributed by atoms with E-state index in [4.69, 9.17) is 9.47 Å². The molecule has 0 aromatic carbocycles. The maximum absolute atomic E-state index is 12.6. The lowest BCUT2D eigenvalue weighted by atomic mass is 10.1. The Labute approximate surface area is 108 Å². The Kier molecular flexibility index (Phi) is 4.08. The van der Waals surface area contributed by atoms with Crippen LogP contribution in [-0.4, -0.2) is 36.3 Å². The van der Waals surface area contributed by atoms with E-state index in [0.29, 0.717) is 26.1 Å². The molecule has 0 radical (unpaired) electrons. The van der Waals surface area contributed by atoms with Gasteiger partial charge in [-0.2, -0.15) is 18.2 Å². The lowest BCUT2D eigenvalue weighted by Crippen LogP contribution is -2.26. The number of ether oxygens (including phenoxy) is 2. The number of hydrogen-bond donors (Lipinski definition) is 1. The van der Waals surface area contributed by atoms with Crippen LogP contribution in [0.25, 0.3) is 0 Å². The summed E-state index contributed by atoms with van der Waals surface area (Å²) >= 11 is 0. The van der Waals surface area contributed by atoms with Gasteiger partial charge in [-0.3, -0.25) is 0 Å². The van der Waals surface area contributed by atoms with Gasteiger partial charge in [0.05, 0.1) is 13.2 Å². The summed E-state index contributed by atoms with van der Waals surface area (Å²) in [6.45, 7) is 1.08. The Balaban J connectivity index is 2.19. The van der Waals surface area contributed by atoms with Crippen LogP contribution in [0.2, 0.25) is 0 Å². The van der Waals surface area contributed by atoms with Gasteiger partial charge in [0.15, 0.2) is 0 Å². The van der Waals surface area contributed by atoms with Crippen LogP contribution in [0.5, 0.6) is 5.88 Å². The van der Waals surface area contributed by atoms with Crippen LogP contribution in [0.1, 0.15) is 18.7 Å². The molecule has 0 spiro atoms. The van der Waals surface area contributed by atoms with Crippen molar-refractivity contribution in [1.29, 1.82) is 0 Å². The van der Waals surface area contributed by atoms with Crippen molar-refractivity contribution in [3.63, 3.8) is 0 Å². The molecule has 2 rings (SSSR count). The summed E-state index contributed by atoms with van der Waals surface area (Å²) in [7, 11) is 1.49. The fraction of sp³-hybridized carbons (Fsp3) is 0.636. The Bertz CT molecular complexity index is 434. The van der Waals surface area contributed by atoms with E-state index in [-0.39, 0.29) is 17.8 Å². The van der Waals surface area contributed by atoms with Crippen LogP contribution in [0.15, 0.2) is 6.07 Å². The van der Waals surface area contributed by atoms with Gasteiger partial charge in [-0.25, -0.2) is 4.98 Å². The molecule has 106 valence electrons. The Morgan fingerprint density at radius 2 is 2.00 bits per heavy atom. The quantitative estimate of drug-likeness (QED) is 0.917. The second-order valence-corrected chi connectivity index (χ2v) is 4.09. The molecule has 1 aromatic rings. The molecule has 1 aromatic heterocycles. The van der Waals surface area contributed by atoms with Gasteiger partial charge in [-0.1, -0.05) is 0 Å². The van der Waals surface area contributed by atoms with Crippen LogP contribution >= 0.6 is 0 Å². The zero-order chi connectivity index (χ0) is 13.9. The number of halogens is 3. The van der Waals surface area contributed by atoms with Gasteiger partial charge in [0.1, 0.15) is 11.9 Å². The molecule has 1 saturated heterocycles. The van der Waals surface area contributed by atoms with Crippen LogP contribution in [0.4, 0.5) is 19.0 Å². The third-order valence-corrected chi connectivity index (χ3v) is 2.67. The SMILES string of the molecule is CNc1cc(OC2CCOCC2)nc(C(F)(F)F)n1. The molecule has 1 N–H and O–H groups in total. The topological polar surface area (TPSA) is 56.3 Å². The number of alkyl halides is 3. The first-order valence-corrected chi connectivity index (χ1v) is 5.87. The maximum atomic E-state index is 12.6. The van der Waals surface area contributed by atoms with E-state index in [9.17, 15) is 13.2 Å². The largest absolute Gasteiger partial charge is 0.474 e. The highest BCUT2D eigenvalue weighted by molar-refractivity contribution is 5.38. The molecule has 19 heavy (non-hydrogen) atoms. The molecule has 0 unspecified atom stereocenters. The predicted molar refractivity (Wildman–Crippen MR) is 61.0 cm³/mol. The van der Waals surface area contributed by atoms with Crippen LogP contribution in [0, 0.1) is 0 Å². The summed E-state index contributed by atoms with van der Waals surface area (Å²) in [5.74, 6) is -1.20. The molecule has 1 aliphatic rings. The highest BCUT2D eigenvalue weighted by Crippen LogP contribution is 2.29. The Morgan fingerprint density at radius 3 is 2.58 bits per heavy atom. The van der Waals surface area contributed by atoms with Crippen molar-refractivity contribution in [3.05, 3.63) is 11.9 Å². The molecule has 1 aliphatic heterocycles. The zero-order valence-electron chi connectivity index (χ0n) is 10.3. The standard InChI is InChI=1S/C11H14F3N3O2/c1-15-8-6-9(17-10(16-8)11(12,13)14)19-7-2-4-18-5-3-7/h6-7H,2-5H2,1H3,(H,15,16,17). The van der Waals surface area contributed by atoms with Gasteiger partial charge < -0.3 is 14.8 Å². The van der Waals surface area contributed by atoms with Gasteiger partial charge in [0, 0.05) is 26.0 Å². The second-order valence-electron chi connectivity index (χ2n) is 4.09. The summed E-state index contributed by atoms with van der Waals surface area (Å²) < 4.78 is 48.5. The van der Waals surface area contributed by atoms with E-state index < -0.39 is 12.0 Å². The van der Waals surface area contributed by atoms with Gasteiger partial charge >= 0.3 is 6.18 Å². The average molecular weight is 277 g/mol. The average Bonchev–Trinajstić information content (AvgIpc) is 2.38. The van der Waals surface area contributed by atoms with E-state index in [1.54, 1.807) is 0 Å². The molecule has 2 heterocycles. The van der Waals surface area contributed by atoms with Crippen molar-refractivity contribution in [1.82, 2.24) is 9.97 Å². The minimum atomic E-state index is -4.60. The Morgan fingerprint density at radius 1 is 1.32 bits per heavy atom. The minimum absolute atomic E-state index is 0.0708. The fourth-order valence-corrected chi connectivity index (χ4v) is 1.70. The van der Waals surface area contributed by atoms with Crippen molar-refractivity contribution in [2.75, 3.05) is 25.6 Å². The highest BCUT2D eigenvalue weighted by atomic mass is 19.4. The molecule has 0 amide bonds. The van der Waals surface area contributed by atoms with E-state index in [1.807, 2.05) is 0 Å². The first-order chi connectivity index (χ1) is 8.99. The summed E-state index contributed by atoms with van der Waals surface area (Å²) in [5.41, 5.74) is 0. The van der Waals surface area contributed by atoms with Crippen LogP contribution in [0.3, 0.4) is 0 Å². The number of nitrogens with one attached hydrogen (secondary N) is 1. The number of rotatable bonds is 3. The molecule has 0 bridgehead atoms. The van der Waals surface area contributed by atoms with E-state index in [1.165, 1.54) is 13.1 Å². The van der Waals surface area contributed by atoms with Gasteiger partial charge in [0.25, 0.3) is 0 Å². The predicted octanol–water partition coefficient (Wildman–Crippen LogP) is 2.09. The van der Waals surface area contributed by atoms with Crippen molar-refractivity contribution in [2.24, 2.45) is 0 Å². The normalized spacial score (nSPS) is 17.3. The van der Waals surface area contributed by atoms with Gasteiger partial charge in [-0.15, -0.1) is 0 Å². The lowest BCUT2D eigenvalue weighted by molar-refractivity contribution is -0.145. The lowest BCUT2D eigenvalue weighted by Gasteiger charge is -2.23. The molecule has 0 aliphatic carbocycles. The molecule has 8 heteroatoms. The zero-order valence-corrected chi connectivity index (χ0v) is 10.3. The van der Waals surface area contributed by atoms with Gasteiger partial charge in [0.2, 0.25) is 11.7 Å². The molecular weight excluding hydrogens is 263 g/mol. The number of nitrogens with zero attached hydrogens (tertiary/aromatic N) is 2. The number of aromatic nitrogens is 2. The summed E-state index contributed by atoms with van der Waals surface area (Å²) in [6.07, 6.45) is -3.49. The fourth-order valence-electron chi connectivity index (χ4n) is 1.70. The molecule has 0 atom stereocenters. The highest BCUT2D eigenvalue weighted by Gasteiger charge is 2.36. The first-order valence-electron chi connectivity index (χ1n) is 5.87. The smallest absolute Gasteiger partial charge is 0.451 e. The third-order valence-electron chi connectivity index (χ3n) is 2.67. The van der Waals surface area contributed by atoms with E-state index >= 15 is 0 Å². The maximum Gasteiger partial charge on any atom is 0.451 e. The second kappa shape index (κ2) is 5.60. The summed E-state index contributed by atoms with van der Waals surface area (Å²) in [4.78, 5) is 6.77. The van der Waals surface area contributed by atoms with Crippen LogP contribution in [-0.2, 0) is 10.9 Å². The summed E-state index contributed by atoms with van der Waals surface area (Å²) in [5, 5.41) is 2.56. The van der Waals surface area contributed by atoms with E-state index in [2.05, 4.69) is 15.3 Å². The molecule has 1 fully saturated rings. The number of anilines is 1.